The summed E-state index contributed by atoms with van der Waals surface area (Å²) in [5.74, 6) is -0.254. The molecular weight excluding hydrogens is 170 g/mol. The first-order valence-electron chi connectivity index (χ1n) is 3.83. The minimum absolute atomic E-state index is 0.254. The maximum Gasteiger partial charge on any atom is 0.273 e. The van der Waals surface area contributed by atoms with Gasteiger partial charge in [0.2, 0.25) is 0 Å². The monoisotopic (exact) mass is 181 g/mol. The van der Waals surface area contributed by atoms with Gasteiger partial charge < -0.3 is 11.1 Å². The van der Waals surface area contributed by atoms with Gasteiger partial charge in [-0.1, -0.05) is 12.2 Å². The second-order valence-corrected chi connectivity index (χ2v) is 2.27. The van der Waals surface area contributed by atoms with Gasteiger partial charge in [0.05, 0.1) is 6.20 Å². The van der Waals surface area contributed by atoms with Crippen LogP contribution in [-0.2, 0) is 0 Å². The first kappa shape index (κ1) is 9.40. The van der Waals surface area contributed by atoms with Crippen molar-refractivity contribution >= 4 is 5.91 Å². The molecule has 0 bridgehead atoms. The molecule has 1 rings (SSSR count). The quantitative estimate of drug-likeness (QED) is 0.522. The predicted molar refractivity (Wildman–Crippen MR) is 46.9 cm³/mol. The van der Waals surface area contributed by atoms with E-state index in [1.54, 1.807) is 12.2 Å². The van der Waals surface area contributed by atoms with Crippen LogP contribution in [0, 0.1) is 0 Å². The fourth-order valence-corrected chi connectivity index (χ4v) is 0.733. The summed E-state index contributed by atoms with van der Waals surface area (Å²) in [4.78, 5) is 11.2. The molecule has 1 aromatic heterocycles. The summed E-state index contributed by atoms with van der Waals surface area (Å²) in [5.41, 5.74) is 5.49. The number of carbonyl (C=O) groups excluding carboxylic acids is 1. The number of nitrogens with one attached hydrogen (secondary N) is 2. The number of aromatic nitrogens is 3. The molecule has 0 aliphatic heterocycles. The minimum atomic E-state index is -0.254. The van der Waals surface area contributed by atoms with Crippen molar-refractivity contribution in [2.75, 3.05) is 13.1 Å². The SMILES string of the molecule is NC/C=C/CNC(=O)c1cn[nH]n1. The molecule has 0 unspecified atom stereocenters. The molecule has 0 saturated carbocycles. The van der Waals surface area contributed by atoms with E-state index in [-0.39, 0.29) is 11.6 Å². The Hall–Kier alpha value is -1.69. The summed E-state index contributed by atoms with van der Waals surface area (Å²) in [6.45, 7) is 0.919. The zero-order valence-electron chi connectivity index (χ0n) is 7.03. The maximum atomic E-state index is 11.2. The molecule has 0 radical (unpaired) electrons. The Labute approximate surface area is 75.2 Å². The van der Waals surface area contributed by atoms with Crippen molar-refractivity contribution in [2.45, 2.75) is 0 Å². The highest BCUT2D eigenvalue weighted by Gasteiger charge is 2.05. The van der Waals surface area contributed by atoms with Gasteiger partial charge in [0.1, 0.15) is 0 Å². The van der Waals surface area contributed by atoms with Crippen LogP contribution in [0.2, 0.25) is 0 Å². The first-order chi connectivity index (χ1) is 6.34. The highest BCUT2D eigenvalue weighted by molar-refractivity contribution is 5.91. The van der Waals surface area contributed by atoms with Crippen LogP contribution in [0.3, 0.4) is 0 Å². The number of nitrogens with zero attached hydrogens (tertiary/aromatic N) is 2. The van der Waals surface area contributed by atoms with E-state index < -0.39 is 0 Å². The van der Waals surface area contributed by atoms with Crippen LogP contribution < -0.4 is 11.1 Å². The molecule has 0 aliphatic rings. The van der Waals surface area contributed by atoms with Gasteiger partial charge in [0, 0.05) is 13.1 Å². The number of nitrogens with two attached hydrogens (primary N) is 1. The number of rotatable bonds is 4. The van der Waals surface area contributed by atoms with Gasteiger partial charge in [-0.3, -0.25) is 4.79 Å². The summed E-state index contributed by atoms with van der Waals surface area (Å²) in [5, 5.41) is 12.1. The van der Waals surface area contributed by atoms with Gasteiger partial charge in [0.15, 0.2) is 5.69 Å². The van der Waals surface area contributed by atoms with Crippen LogP contribution in [0.4, 0.5) is 0 Å². The Morgan fingerprint density at radius 2 is 2.54 bits per heavy atom. The second-order valence-electron chi connectivity index (χ2n) is 2.27. The van der Waals surface area contributed by atoms with E-state index >= 15 is 0 Å². The fourth-order valence-electron chi connectivity index (χ4n) is 0.733. The van der Waals surface area contributed by atoms with Crippen molar-refractivity contribution in [3.63, 3.8) is 0 Å². The largest absolute Gasteiger partial charge is 0.347 e. The number of H-pyrrole nitrogens is 1. The third-order valence-corrected chi connectivity index (χ3v) is 1.33. The van der Waals surface area contributed by atoms with Crippen molar-refractivity contribution in [2.24, 2.45) is 5.73 Å². The van der Waals surface area contributed by atoms with Crippen LogP contribution in [0.15, 0.2) is 18.3 Å². The van der Waals surface area contributed by atoms with E-state index in [0.29, 0.717) is 13.1 Å². The third kappa shape index (κ3) is 3.04. The standard InChI is InChI=1S/C7H11N5O/c8-3-1-2-4-9-7(13)6-5-10-12-11-6/h1-2,5H,3-4,8H2,(H,9,13)(H,10,11,12)/b2-1+. The van der Waals surface area contributed by atoms with Crippen molar-refractivity contribution < 1.29 is 4.79 Å². The lowest BCUT2D eigenvalue weighted by Gasteiger charge is -1.96. The lowest BCUT2D eigenvalue weighted by Crippen LogP contribution is -2.23. The highest BCUT2D eigenvalue weighted by atomic mass is 16.1. The molecule has 6 heteroatoms. The van der Waals surface area contributed by atoms with Crippen molar-refractivity contribution in [1.29, 1.82) is 0 Å². The summed E-state index contributed by atoms with van der Waals surface area (Å²) in [6, 6.07) is 0. The maximum absolute atomic E-state index is 11.2. The van der Waals surface area contributed by atoms with Crippen LogP contribution in [0.5, 0.6) is 0 Å². The Morgan fingerprint density at radius 1 is 1.69 bits per heavy atom. The van der Waals surface area contributed by atoms with Crippen LogP contribution >= 0.6 is 0 Å². The van der Waals surface area contributed by atoms with Crippen LogP contribution in [0.25, 0.3) is 0 Å². The molecule has 1 aromatic rings. The van der Waals surface area contributed by atoms with Crippen molar-refractivity contribution in [3.8, 4) is 0 Å². The molecule has 0 spiro atoms. The summed E-state index contributed by atoms with van der Waals surface area (Å²) >= 11 is 0. The lowest BCUT2D eigenvalue weighted by molar-refractivity contribution is 0.0953. The molecule has 0 aromatic carbocycles. The molecule has 0 aliphatic carbocycles. The molecule has 0 saturated heterocycles. The Bertz CT molecular complexity index is 279. The highest BCUT2D eigenvalue weighted by Crippen LogP contribution is 1.86. The third-order valence-electron chi connectivity index (χ3n) is 1.33. The summed E-state index contributed by atoms with van der Waals surface area (Å²) in [7, 11) is 0. The van der Waals surface area contributed by atoms with E-state index in [0.717, 1.165) is 0 Å². The van der Waals surface area contributed by atoms with Gasteiger partial charge in [-0.15, -0.1) is 0 Å². The van der Waals surface area contributed by atoms with Crippen molar-refractivity contribution in [3.05, 3.63) is 24.0 Å². The van der Waals surface area contributed by atoms with E-state index in [2.05, 4.69) is 20.7 Å². The minimum Gasteiger partial charge on any atom is -0.347 e. The number of hydrogen-bond acceptors (Lipinski definition) is 4. The Kier molecular flexibility index (Phi) is 3.65. The molecule has 0 fully saturated rings. The average molecular weight is 181 g/mol. The molecule has 0 atom stereocenters. The zero-order valence-corrected chi connectivity index (χ0v) is 7.03. The number of carbonyl (C=O) groups is 1. The van der Waals surface area contributed by atoms with E-state index in [1.165, 1.54) is 6.20 Å². The van der Waals surface area contributed by atoms with E-state index in [9.17, 15) is 4.79 Å². The lowest BCUT2D eigenvalue weighted by atomic mass is 10.4. The molecule has 13 heavy (non-hydrogen) atoms. The first-order valence-corrected chi connectivity index (χ1v) is 3.83. The molecule has 4 N–H and O–H groups in total. The van der Waals surface area contributed by atoms with Crippen LogP contribution in [-0.4, -0.2) is 34.4 Å². The zero-order chi connectivity index (χ0) is 9.52. The molecular formula is C7H11N5O. The van der Waals surface area contributed by atoms with E-state index in [1.807, 2.05) is 0 Å². The average Bonchev–Trinajstić information content (AvgIpc) is 2.65. The smallest absolute Gasteiger partial charge is 0.273 e. The summed E-state index contributed by atoms with van der Waals surface area (Å²) < 4.78 is 0. The Balaban J connectivity index is 2.31. The van der Waals surface area contributed by atoms with Gasteiger partial charge in [-0.25, -0.2) is 0 Å². The predicted octanol–water partition coefficient (Wildman–Crippen LogP) is -0.951. The number of amides is 1. The number of aromatic amines is 1. The molecule has 6 nitrogen and oxygen atoms in total. The topological polar surface area (TPSA) is 96.7 Å². The van der Waals surface area contributed by atoms with Gasteiger partial charge in [-0.2, -0.15) is 15.4 Å². The van der Waals surface area contributed by atoms with Gasteiger partial charge in [0.25, 0.3) is 5.91 Å². The number of hydrogen-bond donors (Lipinski definition) is 3. The molecule has 1 heterocycles. The second kappa shape index (κ2) is 5.04. The van der Waals surface area contributed by atoms with Crippen LogP contribution in [0.1, 0.15) is 10.5 Å². The van der Waals surface area contributed by atoms with Crippen molar-refractivity contribution in [1.82, 2.24) is 20.7 Å². The molecule has 1 amide bonds. The van der Waals surface area contributed by atoms with Gasteiger partial charge in [-0.05, 0) is 0 Å². The molecule has 70 valence electrons. The Morgan fingerprint density at radius 3 is 3.15 bits per heavy atom. The van der Waals surface area contributed by atoms with Gasteiger partial charge >= 0.3 is 0 Å². The van der Waals surface area contributed by atoms with E-state index in [4.69, 9.17) is 5.73 Å². The summed E-state index contributed by atoms with van der Waals surface area (Å²) in [6.07, 6.45) is 4.91. The fraction of sp³-hybridized carbons (Fsp3) is 0.286. The normalized spacial score (nSPS) is 10.5.